The van der Waals surface area contributed by atoms with Gasteiger partial charge in [-0.3, -0.25) is 0 Å². The van der Waals surface area contributed by atoms with Crippen LogP contribution in [0.25, 0.3) is 0 Å². The molecule has 0 aromatic heterocycles. The number of ether oxygens (including phenoxy) is 2. The highest BCUT2D eigenvalue weighted by molar-refractivity contribution is 8.13. The zero-order chi connectivity index (χ0) is 15.3. The average Bonchev–Trinajstić information content (AvgIpc) is 2.45. The molecule has 0 N–H and O–H groups in total. The fourth-order valence-corrected chi connectivity index (χ4v) is 2.81. The van der Waals surface area contributed by atoms with E-state index in [1.165, 1.54) is 7.11 Å². The Bertz CT molecular complexity index is 699. The van der Waals surface area contributed by atoms with Crippen molar-refractivity contribution < 1.29 is 17.9 Å². The zero-order valence-corrected chi connectivity index (χ0v) is 13.0. The van der Waals surface area contributed by atoms with E-state index < -0.39 is 9.05 Å². The first-order chi connectivity index (χ1) is 9.98. The first-order valence-electron chi connectivity index (χ1n) is 6.24. The number of rotatable bonds is 6. The Morgan fingerprint density at radius 2 is 1.71 bits per heavy atom. The topological polar surface area (TPSA) is 52.6 Å². The van der Waals surface area contributed by atoms with Crippen LogP contribution < -0.4 is 9.47 Å². The third-order valence-corrected chi connectivity index (χ3v) is 3.81. The molecule has 2 aromatic carbocycles. The van der Waals surface area contributed by atoms with Crippen LogP contribution in [0.2, 0.25) is 0 Å². The zero-order valence-electron chi connectivity index (χ0n) is 11.5. The van der Waals surface area contributed by atoms with Crippen LogP contribution >= 0.6 is 10.7 Å². The number of hydrogen-bond acceptors (Lipinski definition) is 4. The molecule has 0 heterocycles. The highest BCUT2D eigenvalue weighted by Gasteiger charge is 2.11. The van der Waals surface area contributed by atoms with Gasteiger partial charge in [-0.05, 0) is 23.3 Å². The highest BCUT2D eigenvalue weighted by Crippen LogP contribution is 2.29. The van der Waals surface area contributed by atoms with Gasteiger partial charge in [-0.1, -0.05) is 36.4 Å². The lowest BCUT2D eigenvalue weighted by atomic mass is 10.2. The second-order valence-corrected chi connectivity index (χ2v) is 7.22. The summed E-state index contributed by atoms with van der Waals surface area (Å²) in [6.45, 7) is 0.369. The normalized spacial score (nSPS) is 11.1. The molecule has 0 saturated heterocycles. The third-order valence-electron chi connectivity index (χ3n) is 2.80. The van der Waals surface area contributed by atoms with E-state index in [0.717, 1.165) is 5.56 Å². The molecule has 21 heavy (non-hydrogen) atoms. The maximum atomic E-state index is 11.1. The Labute approximate surface area is 128 Å². The van der Waals surface area contributed by atoms with Crippen molar-refractivity contribution >= 4 is 19.7 Å². The molecule has 0 atom stereocenters. The molecule has 6 heteroatoms. The first-order valence-corrected chi connectivity index (χ1v) is 8.72. The highest BCUT2D eigenvalue weighted by atomic mass is 35.7. The Morgan fingerprint density at radius 3 is 2.33 bits per heavy atom. The van der Waals surface area contributed by atoms with Gasteiger partial charge in [-0.2, -0.15) is 0 Å². The fourth-order valence-electron chi connectivity index (χ4n) is 1.86. The first kappa shape index (κ1) is 15.7. The summed E-state index contributed by atoms with van der Waals surface area (Å²) >= 11 is 0. The molecule has 2 rings (SSSR count). The predicted molar refractivity (Wildman–Crippen MR) is 82.2 cm³/mol. The van der Waals surface area contributed by atoms with Gasteiger partial charge < -0.3 is 9.47 Å². The Morgan fingerprint density at radius 1 is 1.00 bits per heavy atom. The van der Waals surface area contributed by atoms with E-state index in [0.29, 0.717) is 23.7 Å². The Balaban J connectivity index is 2.18. The summed E-state index contributed by atoms with van der Waals surface area (Å²) < 4.78 is 33.2. The van der Waals surface area contributed by atoms with Gasteiger partial charge in [-0.25, -0.2) is 8.42 Å². The molecule has 0 aliphatic carbocycles. The van der Waals surface area contributed by atoms with Gasteiger partial charge in [0.05, 0.1) is 12.9 Å². The summed E-state index contributed by atoms with van der Waals surface area (Å²) in [5.41, 5.74) is 1.56. The lowest BCUT2D eigenvalue weighted by Crippen LogP contribution is -2.00. The molecule has 0 saturated carbocycles. The molecule has 0 radical (unpaired) electrons. The van der Waals surface area contributed by atoms with Gasteiger partial charge >= 0.3 is 0 Å². The summed E-state index contributed by atoms with van der Waals surface area (Å²) in [7, 11) is 3.19. The standard InChI is InChI=1S/C15H15ClO4S/c1-19-14-8-7-13(11-21(16,17)18)9-15(14)20-10-12-5-3-2-4-6-12/h2-9H,10-11H2,1H3. The van der Waals surface area contributed by atoms with Crippen molar-refractivity contribution in [1.29, 1.82) is 0 Å². The van der Waals surface area contributed by atoms with E-state index in [1.54, 1.807) is 18.2 Å². The van der Waals surface area contributed by atoms with Crippen LogP contribution in [0.4, 0.5) is 0 Å². The molecule has 0 spiro atoms. The number of benzene rings is 2. The van der Waals surface area contributed by atoms with E-state index in [4.69, 9.17) is 20.2 Å². The SMILES string of the molecule is COc1ccc(CS(=O)(=O)Cl)cc1OCc1ccccc1. The molecule has 0 fully saturated rings. The van der Waals surface area contributed by atoms with E-state index >= 15 is 0 Å². The molecular formula is C15H15ClO4S. The van der Waals surface area contributed by atoms with Crippen LogP contribution in [-0.4, -0.2) is 15.5 Å². The minimum Gasteiger partial charge on any atom is -0.493 e. The summed E-state index contributed by atoms with van der Waals surface area (Å²) in [4.78, 5) is 0. The van der Waals surface area contributed by atoms with Gasteiger partial charge in [0.2, 0.25) is 9.05 Å². The van der Waals surface area contributed by atoms with Crippen molar-refractivity contribution in [1.82, 2.24) is 0 Å². The van der Waals surface area contributed by atoms with Gasteiger partial charge in [0, 0.05) is 10.7 Å². The Kier molecular flexibility index (Phi) is 5.09. The van der Waals surface area contributed by atoms with Crippen LogP contribution in [0.15, 0.2) is 48.5 Å². The quantitative estimate of drug-likeness (QED) is 0.764. The van der Waals surface area contributed by atoms with Gasteiger partial charge in [0.1, 0.15) is 6.61 Å². The van der Waals surface area contributed by atoms with Crippen LogP contribution in [0.5, 0.6) is 11.5 Å². The summed E-state index contributed by atoms with van der Waals surface area (Å²) in [5, 5.41) is 0. The van der Waals surface area contributed by atoms with Crippen molar-refractivity contribution in [3.63, 3.8) is 0 Å². The van der Waals surface area contributed by atoms with Crippen molar-refractivity contribution in [2.24, 2.45) is 0 Å². The average molecular weight is 327 g/mol. The van der Waals surface area contributed by atoms with Crippen molar-refractivity contribution in [3.05, 3.63) is 59.7 Å². The smallest absolute Gasteiger partial charge is 0.236 e. The lowest BCUT2D eigenvalue weighted by Gasteiger charge is -2.12. The van der Waals surface area contributed by atoms with E-state index in [2.05, 4.69) is 0 Å². The monoisotopic (exact) mass is 326 g/mol. The fraction of sp³-hybridized carbons (Fsp3) is 0.200. The second kappa shape index (κ2) is 6.83. The van der Waals surface area contributed by atoms with Crippen LogP contribution in [0.3, 0.4) is 0 Å². The predicted octanol–water partition coefficient (Wildman–Crippen LogP) is 3.34. The van der Waals surface area contributed by atoms with Gasteiger partial charge in [0.15, 0.2) is 11.5 Å². The number of hydrogen-bond donors (Lipinski definition) is 0. The maximum Gasteiger partial charge on any atom is 0.236 e. The molecule has 112 valence electrons. The maximum absolute atomic E-state index is 11.1. The minimum absolute atomic E-state index is 0.250. The number of halogens is 1. The molecular weight excluding hydrogens is 312 g/mol. The van der Waals surface area contributed by atoms with Crippen molar-refractivity contribution in [2.45, 2.75) is 12.4 Å². The third kappa shape index (κ3) is 4.95. The molecule has 4 nitrogen and oxygen atoms in total. The summed E-state index contributed by atoms with van der Waals surface area (Å²) in [5.74, 6) is 0.779. The Hall–Kier alpha value is -1.72. The lowest BCUT2D eigenvalue weighted by molar-refractivity contribution is 0.284. The second-order valence-electron chi connectivity index (χ2n) is 4.44. The molecule has 2 aromatic rings. The summed E-state index contributed by atoms with van der Waals surface area (Å²) in [6, 6.07) is 14.6. The van der Waals surface area contributed by atoms with E-state index in [-0.39, 0.29) is 5.75 Å². The largest absolute Gasteiger partial charge is 0.493 e. The molecule has 0 aliphatic rings. The van der Waals surface area contributed by atoms with Crippen molar-refractivity contribution in [3.8, 4) is 11.5 Å². The van der Waals surface area contributed by atoms with Crippen LogP contribution in [0, 0.1) is 0 Å². The van der Waals surface area contributed by atoms with Gasteiger partial charge in [-0.15, -0.1) is 0 Å². The van der Waals surface area contributed by atoms with E-state index in [9.17, 15) is 8.42 Å². The van der Waals surface area contributed by atoms with E-state index in [1.807, 2.05) is 30.3 Å². The molecule has 0 bridgehead atoms. The minimum atomic E-state index is -3.60. The van der Waals surface area contributed by atoms with Gasteiger partial charge in [0.25, 0.3) is 0 Å². The van der Waals surface area contributed by atoms with Crippen LogP contribution in [0.1, 0.15) is 11.1 Å². The molecule has 0 unspecified atom stereocenters. The molecule has 0 aliphatic heterocycles. The number of methoxy groups -OCH3 is 1. The summed E-state index contributed by atoms with van der Waals surface area (Å²) in [6.07, 6.45) is 0. The van der Waals surface area contributed by atoms with Crippen molar-refractivity contribution in [2.75, 3.05) is 7.11 Å². The molecule has 0 amide bonds. The van der Waals surface area contributed by atoms with Crippen LogP contribution in [-0.2, 0) is 21.4 Å².